The van der Waals surface area contributed by atoms with Crippen molar-refractivity contribution in [1.29, 1.82) is 0 Å². The molecule has 1 aliphatic carbocycles. The van der Waals surface area contributed by atoms with Crippen LogP contribution in [0.25, 0.3) is 0 Å². The third-order valence-corrected chi connectivity index (χ3v) is 2.83. The summed E-state index contributed by atoms with van der Waals surface area (Å²) >= 11 is 0. The Hall–Kier alpha value is -0.980. The van der Waals surface area contributed by atoms with Gasteiger partial charge in [-0.2, -0.15) is 0 Å². The van der Waals surface area contributed by atoms with E-state index < -0.39 is 0 Å². The van der Waals surface area contributed by atoms with Crippen LogP contribution in [0.5, 0.6) is 5.75 Å². The quantitative estimate of drug-likeness (QED) is 0.707. The normalized spacial score (nSPS) is 16.0. The van der Waals surface area contributed by atoms with Crippen LogP contribution < -0.4 is 4.74 Å². The third kappa shape index (κ3) is 1.77. The first-order valence-electron chi connectivity index (χ1n) is 5.23. The fourth-order valence-electron chi connectivity index (χ4n) is 1.81. The third-order valence-electron chi connectivity index (χ3n) is 2.83. The van der Waals surface area contributed by atoms with Gasteiger partial charge >= 0.3 is 0 Å². The molecule has 0 aromatic heterocycles. The van der Waals surface area contributed by atoms with Crippen molar-refractivity contribution >= 4 is 0 Å². The predicted molar refractivity (Wildman–Crippen MR) is 58.7 cm³/mol. The van der Waals surface area contributed by atoms with Crippen LogP contribution in [0.15, 0.2) is 18.2 Å². The van der Waals surface area contributed by atoms with Gasteiger partial charge < -0.3 is 4.74 Å². The lowest BCUT2D eigenvalue weighted by atomic mass is 9.98. The van der Waals surface area contributed by atoms with E-state index in [4.69, 9.17) is 4.74 Å². The molecule has 0 spiro atoms. The van der Waals surface area contributed by atoms with E-state index in [0.29, 0.717) is 5.92 Å². The van der Waals surface area contributed by atoms with Crippen LogP contribution in [0.1, 0.15) is 42.7 Å². The Kier molecular flexibility index (Phi) is 2.49. The maximum atomic E-state index is 5.32. The van der Waals surface area contributed by atoms with Gasteiger partial charge in [-0.15, -0.1) is 0 Å². The minimum Gasteiger partial charge on any atom is -0.496 e. The van der Waals surface area contributed by atoms with Gasteiger partial charge in [0.2, 0.25) is 0 Å². The second-order valence-corrected chi connectivity index (χ2v) is 4.18. The number of hydrogen-bond donors (Lipinski definition) is 0. The molecule has 0 bridgehead atoms. The molecule has 0 saturated heterocycles. The molecule has 1 aromatic rings. The van der Waals surface area contributed by atoms with Crippen molar-refractivity contribution in [1.82, 2.24) is 0 Å². The fraction of sp³-hybridized carbons (Fsp3) is 0.462. The molecule has 1 aromatic carbocycles. The molecule has 0 heterocycles. The summed E-state index contributed by atoms with van der Waals surface area (Å²) in [6.07, 6.45) is 2.69. The zero-order valence-corrected chi connectivity index (χ0v) is 8.92. The summed E-state index contributed by atoms with van der Waals surface area (Å²) in [5.41, 5.74) is 2.69. The van der Waals surface area contributed by atoms with Crippen molar-refractivity contribution in [3.63, 3.8) is 0 Å². The molecule has 1 heteroatoms. The average Bonchev–Trinajstić information content (AvgIpc) is 3.00. The van der Waals surface area contributed by atoms with Crippen LogP contribution in [-0.2, 0) is 0 Å². The number of ether oxygens (including phenoxy) is 1. The van der Waals surface area contributed by atoms with Crippen molar-refractivity contribution in [2.45, 2.75) is 31.6 Å². The zero-order valence-electron chi connectivity index (χ0n) is 8.92. The summed E-state index contributed by atoms with van der Waals surface area (Å²) in [6.45, 7) is 6.16. The van der Waals surface area contributed by atoms with E-state index in [1.807, 2.05) is 0 Å². The molecular formula is C13H17O. The Morgan fingerprint density at radius 1 is 1.43 bits per heavy atom. The van der Waals surface area contributed by atoms with Gasteiger partial charge in [-0.1, -0.05) is 19.1 Å². The van der Waals surface area contributed by atoms with E-state index in [1.54, 1.807) is 7.11 Å². The van der Waals surface area contributed by atoms with E-state index in [9.17, 15) is 0 Å². The topological polar surface area (TPSA) is 9.23 Å². The minimum atomic E-state index is 0.295. The van der Waals surface area contributed by atoms with Crippen molar-refractivity contribution in [3.8, 4) is 5.75 Å². The summed E-state index contributed by atoms with van der Waals surface area (Å²) in [6, 6.07) is 6.52. The van der Waals surface area contributed by atoms with Crippen molar-refractivity contribution < 1.29 is 4.74 Å². The molecule has 1 fully saturated rings. The molecule has 0 amide bonds. The second kappa shape index (κ2) is 3.64. The van der Waals surface area contributed by atoms with E-state index >= 15 is 0 Å². The molecule has 1 radical (unpaired) electrons. The van der Waals surface area contributed by atoms with Crippen LogP contribution in [0, 0.1) is 6.92 Å². The van der Waals surface area contributed by atoms with Crippen LogP contribution in [0.3, 0.4) is 0 Å². The SMILES string of the molecule is [CH2]C(C)c1cc(C2CC2)ccc1OC. The van der Waals surface area contributed by atoms with Crippen molar-refractivity contribution in [2.75, 3.05) is 7.11 Å². The van der Waals surface area contributed by atoms with Gasteiger partial charge in [0.15, 0.2) is 0 Å². The van der Waals surface area contributed by atoms with Gasteiger partial charge in [0.1, 0.15) is 5.75 Å². The predicted octanol–water partition coefficient (Wildman–Crippen LogP) is 3.51. The molecule has 0 N–H and O–H groups in total. The van der Waals surface area contributed by atoms with Gasteiger partial charge in [0, 0.05) is 0 Å². The number of methoxy groups -OCH3 is 1. The highest BCUT2D eigenvalue weighted by Gasteiger charge is 2.24. The lowest BCUT2D eigenvalue weighted by molar-refractivity contribution is 0.408. The highest BCUT2D eigenvalue weighted by atomic mass is 16.5. The standard InChI is InChI=1S/C13H17O/c1-9(2)12-8-11(10-4-5-10)6-7-13(12)14-3/h6-10H,1,4-5H2,2-3H3. The molecule has 2 rings (SSSR count). The molecule has 75 valence electrons. The van der Waals surface area contributed by atoms with Gasteiger partial charge in [0.25, 0.3) is 0 Å². The largest absolute Gasteiger partial charge is 0.496 e. The summed E-state index contributed by atoms with van der Waals surface area (Å²) in [5, 5.41) is 0. The maximum Gasteiger partial charge on any atom is 0.122 e. The van der Waals surface area contributed by atoms with Gasteiger partial charge in [0.05, 0.1) is 7.11 Å². The van der Waals surface area contributed by atoms with Gasteiger partial charge in [-0.05, 0) is 48.8 Å². The van der Waals surface area contributed by atoms with E-state index in [0.717, 1.165) is 11.7 Å². The monoisotopic (exact) mass is 189 g/mol. The van der Waals surface area contributed by atoms with E-state index in [2.05, 4.69) is 32.0 Å². The lowest BCUT2D eigenvalue weighted by Crippen LogP contribution is -1.95. The molecule has 1 aliphatic rings. The molecule has 1 nitrogen and oxygen atoms in total. The average molecular weight is 189 g/mol. The minimum absolute atomic E-state index is 0.295. The van der Waals surface area contributed by atoms with Gasteiger partial charge in [-0.25, -0.2) is 0 Å². The number of hydrogen-bond acceptors (Lipinski definition) is 1. The van der Waals surface area contributed by atoms with E-state index in [1.165, 1.54) is 24.0 Å². The Morgan fingerprint density at radius 3 is 2.64 bits per heavy atom. The first kappa shape index (κ1) is 9.57. The first-order valence-corrected chi connectivity index (χ1v) is 5.23. The molecule has 1 saturated carbocycles. The zero-order chi connectivity index (χ0) is 10.1. The Balaban J connectivity index is 2.35. The molecule has 14 heavy (non-hydrogen) atoms. The highest BCUT2D eigenvalue weighted by Crippen LogP contribution is 2.42. The van der Waals surface area contributed by atoms with E-state index in [-0.39, 0.29) is 0 Å². The lowest BCUT2D eigenvalue weighted by Gasteiger charge is -2.13. The second-order valence-electron chi connectivity index (χ2n) is 4.18. The van der Waals surface area contributed by atoms with Crippen molar-refractivity contribution in [3.05, 3.63) is 36.2 Å². The Bertz CT molecular complexity index is 324. The maximum absolute atomic E-state index is 5.32. The Labute approximate surface area is 86.1 Å². The first-order chi connectivity index (χ1) is 6.72. The number of benzene rings is 1. The summed E-state index contributed by atoms with van der Waals surface area (Å²) in [4.78, 5) is 0. The van der Waals surface area contributed by atoms with Gasteiger partial charge in [-0.3, -0.25) is 0 Å². The smallest absolute Gasteiger partial charge is 0.122 e. The van der Waals surface area contributed by atoms with Crippen LogP contribution in [-0.4, -0.2) is 7.11 Å². The Morgan fingerprint density at radius 2 is 2.14 bits per heavy atom. The van der Waals surface area contributed by atoms with Crippen LogP contribution in [0.2, 0.25) is 0 Å². The summed E-state index contributed by atoms with van der Waals surface area (Å²) in [7, 11) is 1.72. The highest BCUT2D eigenvalue weighted by molar-refractivity contribution is 5.42. The van der Waals surface area contributed by atoms with Crippen molar-refractivity contribution in [2.24, 2.45) is 0 Å². The summed E-state index contributed by atoms with van der Waals surface area (Å²) < 4.78 is 5.32. The molecule has 0 aliphatic heterocycles. The van der Waals surface area contributed by atoms with Crippen LogP contribution in [0.4, 0.5) is 0 Å². The molecular weight excluding hydrogens is 172 g/mol. The molecule has 1 atom stereocenters. The van der Waals surface area contributed by atoms with Crippen LogP contribution >= 0.6 is 0 Å². The molecule has 1 unspecified atom stereocenters. The number of rotatable bonds is 3. The fourth-order valence-corrected chi connectivity index (χ4v) is 1.81. The summed E-state index contributed by atoms with van der Waals surface area (Å²) in [5.74, 6) is 2.07.